The molecule has 0 unspecified atom stereocenters. The summed E-state index contributed by atoms with van der Waals surface area (Å²) in [5.41, 5.74) is 7.80. The van der Waals surface area contributed by atoms with Gasteiger partial charge in [0.15, 0.2) is 5.96 Å². The molecule has 2 N–H and O–H groups in total. The second-order valence-corrected chi connectivity index (χ2v) is 7.99. The monoisotopic (exact) mass is 514 g/mol. The van der Waals surface area contributed by atoms with Crippen molar-refractivity contribution in [3.8, 4) is 0 Å². The molecular weight excluding hydrogens is 483 g/mol. The number of piperazine rings is 1. The SMILES string of the molecule is Cc1nc2ccccc2n1CCN=C(N)N1CCN(C(=O)OC(C)(C)C)CC1.I. The predicted octanol–water partition coefficient (Wildman–Crippen LogP) is 2.83. The van der Waals surface area contributed by atoms with Crippen molar-refractivity contribution in [3.05, 3.63) is 30.1 Å². The minimum absolute atomic E-state index is 0. The van der Waals surface area contributed by atoms with Crippen LogP contribution in [0, 0.1) is 6.92 Å². The molecule has 1 fully saturated rings. The van der Waals surface area contributed by atoms with Gasteiger partial charge in [-0.2, -0.15) is 0 Å². The molecule has 29 heavy (non-hydrogen) atoms. The average Bonchev–Trinajstić information content (AvgIpc) is 2.96. The molecule has 0 aliphatic carbocycles. The predicted molar refractivity (Wildman–Crippen MR) is 126 cm³/mol. The number of halogens is 1. The van der Waals surface area contributed by atoms with Crippen LogP contribution in [0.5, 0.6) is 0 Å². The van der Waals surface area contributed by atoms with Crippen LogP contribution in [0.3, 0.4) is 0 Å². The van der Waals surface area contributed by atoms with Gasteiger partial charge in [0.2, 0.25) is 0 Å². The molecule has 1 saturated heterocycles. The molecule has 2 aromatic rings. The summed E-state index contributed by atoms with van der Waals surface area (Å²) in [6, 6.07) is 8.09. The Morgan fingerprint density at radius 1 is 1.17 bits per heavy atom. The first-order valence-electron chi connectivity index (χ1n) is 9.69. The third-order valence-electron chi connectivity index (χ3n) is 4.70. The van der Waals surface area contributed by atoms with Crippen molar-refractivity contribution in [2.45, 2.75) is 39.8 Å². The van der Waals surface area contributed by atoms with E-state index < -0.39 is 5.60 Å². The highest BCUT2D eigenvalue weighted by atomic mass is 127. The fourth-order valence-corrected chi connectivity index (χ4v) is 3.29. The van der Waals surface area contributed by atoms with Gasteiger partial charge in [0.1, 0.15) is 11.4 Å². The number of imidazole rings is 1. The lowest BCUT2D eigenvalue weighted by Gasteiger charge is -2.36. The molecule has 2 heterocycles. The van der Waals surface area contributed by atoms with Crippen LogP contribution in [-0.4, -0.2) is 69.7 Å². The van der Waals surface area contributed by atoms with E-state index in [9.17, 15) is 4.79 Å². The summed E-state index contributed by atoms with van der Waals surface area (Å²) < 4.78 is 7.58. The van der Waals surface area contributed by atoms with E-state index in [1.54, 1.807) is 4.90 Å². The molecule has 1 aliphatic heterocycles. The summed E-state index contributed by atoms with van der Waals surface area (Å²) in [7, 11) is 0. The first-order chi connectivity index (χ1) is 13.2. The maximum absolute atomic E-state index is 12.1. The summed E-state index contributed by atoms with van der Waals surface area (Å²) in [4.78, 5) is 25.0. The summed E-state index contributed by atoms with van der Waals surface area (Å²) in [5.74, 6) is 1.49. The smallest absolute Gasteiger partial charge is 0.410 e. The summed E-state index contributed by atoms with van der Waals surface area (Å²) >= 11 is 0. The Morgan fingerprint density at radius 3 is 2.45 bits per heavy atom. The Labute approximate surface area is 189 Å². The Morgan fingerprint density at radius 2 is 1.79 bits per heavy atom. The van der Waals surface area contributed by atoms with Crippen LogP contribution in [0.15, 0.2) is 29.3 Å². The fraction of sp³-hybridized carbons (Fsp3) is 0.550. The molecule has 1 aromatic heterocycles. The second-order valence-electron chi connectivity index (χ2n) is 7.99. The lowest BCUT2D eigenvalue weighted by molar-refractivity contribution is 0.0186. The highest BCUT2D eigenvalue weighted by Crippen LogP contribution is 2.15. The number of guanidine groups is 1. The van der Waals surface area contributed by atoms with Gasteiger partial charge in [0.05, 0.1) is 17.6 Å². The van der Waals surface area contributed by atoms with Crippen LogP contribution < -0.4 is 5.73 Å². The molecular formula is C20H31IN6O2. The van der Waals surface area contributed by atoms with E-state index in [2.05, 4.69) is 20.6 Å². The zero-order chi connectivity index (χ0) is 20.3. The van der Waals surface area contributed by atoms with Gasteiger partial charge in [0.25, 0.3) is 0 Å². The number of aromatic nitrogens is 2. The summed E-state index contributed by atoms with van der Waals surface area (Å²) in [6.45, 7) is 11.4. The van der Waals surface area contributed by atoms with E-state index in [1.165, 1.54) is 0 Å². The number of para-hydroxylation sites is 2. The molecule has 8 nitrogen and oxygen atoms in total. The third kappa shape index (κ3) is 5.97. The number of hydrogen-bond acceptors (Lipinski definition) is 4. The van der Waals surface area contributed by atoms with E-state index in [0.29, 0.717) is 38.7 Å². The van der Waals surface area contributed by atoms with Crippen molar-refractivity contribution in [2.75, 3.05) is 32.7 Å². The number of aliphatic imine (C=N–C) groups is 1. The molecule has 0 saturated carbocycles. The maximum atomic E-state index is 12.1. The quantitative estimate of drug-likeness (QED) is 0.387. The standard InChI is InChI=1S/C20H30N6O2.HI/c1-15-23-16-7-5-6-8-17(16)26(15)10-9-22-18(21)24-11-13-25(14-12-24)19(27)28-20(2,3)4;/h5-8H,9-14H2,1-4H3,(H2,21,22);1H. The van der Waals surface area contributed by atoms with Crippen molar-refractivity contribution < 1.29 is 9.53 Å². The molecule has 1 aliphatic rings. The van der Waals surface area contributed by atoms with E-state index >= 15 is 0 Å². The third-order valence-corrected chi connectivity index (χ3v) is 4.70. The molecule has 0 spiro atoms. The number of carbonyl (C=O) groups excluding carboxylic acids is 1. The van der Waals surface area contributed by atoms with Crippen LogP contribution in [0.1, 0.15) is 26.6 Å². The average molecular weight is 514 g/mol. The zero-order valence-electron chi connectivity index (χ0n) is 17.6. The zero-order valence-corrected chi connectivity index (χ0v) is 19.9. The lowest BCUT2D eigenvalue weighted by Crippen LogP contribution is -2.53. The highest BCUT2D eigenvalue weighted by molar-refractivity contribution is 14.0. The van der Waals surface area contributed by atoms with Gasteiger partial charge in [-0.15, -0.1) is 24.0 Å². The van der Waals surface area contributed by atoms with Crippen LogP contribution in [-0.2, 0) is 11.3 Å². The van der Waals surface area contributed by atoms with Gasteiger partial charge < -0.3 is 24.8 Å². The summed E-state index contributed by atoms with van der Waals surface area (Å²) in [6.07, 6.45) is -0.273. The Kier molecular flexibility index (Phi) is 7.73. The van der Waals surface area contributed by atoms with Crippen molar-refractivity contribution in [1.82, 2.24) is 19.4 Å². The molecule has 3 rings (SSSR count). The first kappa shape index (κ1) is 23.2. The number of carbonyl (C=O) groups is 1. The lowest BCUT2D eigenvalue weighted by atomic mass is 10.2. The second kappa shape index (κ2) is 9.64. The number of aryl methyl sites for hydroxylation is 1. The van der Waals surface area contributed by atoms with Gasteiger partial charge in [-0.3, -0.25) is 4.99 Å². The molecule has 0 bridgehead atoms. The summed E-state index contributed by atoms with van der Waals surface area (Å²) in [5, 5.41) is 0. The van der Waals surface area contributed by atoms with E-state index in [4.69, 9.17) is 10.5 Å². The number of fused-ring (bicyclic) bond motifs is 1. The fourth-order valence-electron chi connectivity index (χ4n) is 3.29. The van der Waals surface area contributed by atoms with Crippen molar-refractivity contribution >= 4 is 47.1 Å². The minimum Gasteiger partial charge on any atom is -0.444 e. The largest absolute Gasteiger partial charge is 0.444 e. The maximum Gasteiger partial charge on any atom is 0.410 e. The Hall–Kier alpha value is -2.04. The van der Waals surface area contributed by atoms with Gasteiger partial charge in [-0.1, -0.05) is 12.1 Å². The molecule has 0 atom stereocenters. The van der Waals surface area contributed by atoms with E-state index in [-0.39, 0.29) is 30.1 Å². The number of hydrogen-bond donors (Lipinski definition) is 1. The number of ether oxygens (including phenoxy) is 1. The molecule has 160 valence electrons. The molecule has 1 aromatic carbocycles. The van der Waals surface area contributed by atoms with Gasteiger partial charge in [0, 0.05) is 32.7 Å². The van der Waals surface area contributed by atoms with Crippen LogP contribution in [0.25, 0.3) is 11.0 Å². The number of rotatable bonds is 3. The number of benzene rings is 1. The topological polar surface area (TPSA) is 89.0 Å². The molecule has 9 heteroatoms. The van der Waals surface area contributed by atoms with E-state index in [0.717, 1.165) is 23.4 Å². The van der Waals surface area contributed by atoms with Crippen LogP contribution in [0.4, 0.5) is 4.79 Å². The van der Waals surface area contributed by atoms with Crippen molar-refractivity contribution in [2.24, 2.45) is 10.7 Å². The van der Waals surface area contributed by atoms with Gasteiger partial charge >= 0.3 is 6.09 Å². The van der Waals surface area contributed by atoms with Crippen molar-refractivity contribution in [3.63, 3.8) is 0 Å². The van der Waals surface area contributed by atoms with Crippen LogP contribution in [0.2, 0.25) is 0 Å². The van der Waals surface area contributed by atoms with Gasteiger partial charge in [-0.05, 0) is 39.8 Å². The number of amides is 1. The normalized spacial score (nSPS) is 15.4. The van der Waals surface area contributed by atoms with Crippen LogP contribution >= 0.6 is 24.0 Å². The Balaban J connectivity index is 0.00000300. The first-order valence-corrected chi connectivity index (χ1v) is 9.69. The molecule has 1 amide bonds. The number of nitrogens with zero attached hydrogens (tertiary/aromatic N) is 5. The van der Waals surface area contributed by atoms with E-state index in [1.807, 2.05) is 50.8 Å². The minimum atomic E-state index is -0.482. The van der Waals surface area contributed by atoms with Crippen molar-refractivity contribution in [1.29, 1.82) is 0 Å². The van der Waals surface area contributed by atoms with Gasteiger partial charge in [-0.25, -0.2) is 9.78 Å². The highest BCUT2D eigenvalue weighted by Gasteiger charge is 2.26. The molecule has 0 radical (unpaired) electrons. The number of nitrogens with two attached hydrogens (primary N) is 1. The Bertz CT molecular complexity index is 865.